The summed E-state index contributed by atoms with van der Waals surface area (Å²) >= 11 is 0. The van der Waals surface area contributed by atoms with Gasteiger partial charge in [0.1, 0.15) is 86.5 Å². The summed E-state index contributed by atoms with van der Waals surface area (Å²) in [4.78, 5) is 64.7. The van der Waals surface area contributed by atoms with Crippen molar-refractivity contribution in [3.63, 3.8) is 0 Å². The second-order valence-corrected chi connectivity index (χ2v) is 31.7. The van der Waals surface area contributed by atoms with Crippen molar-refractivity contribution in [2.24, 2.45) is 35.0 Å². The average Bonchev–Trinajstić information content (AvgIpc) is 0.768. The molecule has 7 heterocycles. The van der Waals surface area contributed by atoms with Crippen LogP contribution >= 0.6 is 0 Å². The van der Waals surface area contributed by atoms with Crippen molar-refractivity contribution in [2.75, 3.05) is 41.2 Å². The number of ether oxygens (including phenoxy) is 5. The molecule has 3 aromatic carbocycles. The number of nitrogens with two attached hydrogens (primary N) is 3. The lowest BCUT2D eigenvalue weighted by Gasteiger charge is -2.38. The molecule has 0 radical (unpaired) electrons. The summed E-state index contributed by atoms with van der Waals surface area (Å²) in [5.74, 6) is -8.94. The number of hydrogen-bond acceptors (Lipinski definition) is 18. The third-order valence-corrected chi connectivity index (χ3v) is 23.8. The molecule has 5 aliphatic rings. The highest BCUT2D eigenvalue weighted by Crippen LogP contribution is 2.46. The summed E-state index contributed by atoms with van der Waals surface area (Å²) in [6.07, 6.45) is 17.2. The third kappa shape index (κ3) is 19.8. The number of ketones is 3. The van der Waals surface area contributed by atoms with E-state index in [4.69, 9.17) is 40.9 Å². The Bertz CT molecular complexity index is 4950. The predicted molar refractivity (Wildman–Crippen MR) is 421 cm³/mol. The lowest BCUT2D eigenvalue weighted by atomic mass is 9.73. The van der Waals surface area contributed by atoms with Crippen molar-refractivity contribution in [1.29, 1.82) is 0 Å². The number of carbonyl (C=O) groups is 3. The predicted octanol–water partition coefficient (Wildman–Crippen LogP) is 16.3. The summed E-state index contributed by atoms with van der Waals surface area (Å²) in [5.41, 5.74) is 19.9. The second-order valence-electron chi connectivity index (χ2n) is 31.7. The van der Waals surface area contributed by atoms with Gasteiger partial charge < -0.3 is 46.0 Å². The summed E-state index contributed by atoms with van der Waals surface area (Å²) in [6.45, 7) is 9.49. The molecule has 12 atom stereocenters. The van der Waals surface area contributed by atoms with Crippen LogP contribution in [0.25, 0.3) is 33.8 Å². The van der Waals surface area contributed by atoms with Crippen LogP contribution in [0.5, 0.6) is 0 Å². The first-order valence-electron chi connectivity index (χ1n) is 39.7. The molecule has 27 heteroatoms. The molecule has 4 aliphatic carbocycles. The summed E-state index contributed by atoms with van der Waals surface area (Å²) in [6, 6.07) is 18.6. The molecule has 1 aliphatic heterocycles. The van der Waals surface area contributed by atoms with E-state index >= 15 is 17.6 Å². The molecule has 5 fully saturated rings. The Balaban J connectivity index is 0.000000162. The Morgan fingerprint density at radius 3 is 1.10 bits per heavy atom. The van der Waals surface area contributed by atoms with Crippen LogP contribution in [0.1, 0.15) is 204 Å². The maximum absolute atomic E-state index is 15.2. The van der Waals surface area contributed by atoms with Crippen LogP contribution in [0.2, 0.25) is 0 Å². The van der Waals surface area contributed by atoms with Crippen molar-refractivity contribution in [3.8, 4) is 33.8 Å². The fraction of sp³-hybridized carbons (Fsp3) is 0.433. The van der Waals surface area contributed by atoms with Gasteiger partial charge in [-0.3, -0.25) is 29.3 Å². The minimum atomic E-state index is -1.28. The Morgan fingerprint density at radius 2 is 0.795 bits per heavy atom. The van der Waals surface area contributed by atoms with E-state index < -0.39 is 109 Å². The SMILES string of the molecule is CCOCc1cc(F)c(-c2nc(C(=O)Cc3cnccc3[C@H]3C[C@@H](N)[C@@H](OC)[C@@H](C)C3)ccc2F)c(F)c1.CO[C@@H]1[C@H](N)C[C@H](c2ccncc2CC(=O)c2ccc(F)c(-c3c(F)cc(C4(O)CCC4)cc3F)n2)C[C@@H]1C.CO[C@@H]1[C@H](N)C[C@H](c2ccncc2CC(=O)c2ccc(F)c(-c3c(F)cc(C4CCOCC4)cc3F)n2)C[C@@H]1C. The van der Waals surface area contributed by atoms with E-state index in [9.17, 15) is 41.4 Å². The number of halogens is 9. The molecule has 0 unspecified atom stereocenters. The molecule has 620 valence electrons. The lowest BCUT2D eigenvalue weighted by Crippen LogP contribution is -2.46. The van der Waals surface area contributed by atoms with Crippen LogP contribution in [0.4, 0.5) is 39.5 Å². The smallest absolute Gasteiger partial charge is 0.185 e. The quantitative estimate of drug-likeness (QED) is 0.0342. The van der Waals surface area contributed by atoms with Crippen molar-refractivity contribution < 1.29 is 82.7 Å². The Kier molecular flexibility index (Phi) is 28.6. The summed E-state index contributed by atoms with van der Waals surface area (Å²) in [5, 5.41) is 10.5. The number of benzene rings is 3. The molecule has 7 N–H and O–H groups in total. The van der Waals surface area contributed by atoms with Gasteiger partial charge in [-0.15, -0.1) is 0 Å². The zero-order chi connectivity index (χ0) is 83.7. The van der Waals surface area contributed by atoms with Gasteiger partial charge in [-0.25, -0.2) is 54.5 Å². The van der Waals surface area contributed by atoms with Crippen LogP contribution in [0.15, 0.2) is 128 Å². The van der Waals surface area contributed by atoms with Crippen LogP contribution in [0, 0.1) is 70.1 Å². The fourth-order valence-corrected chi connectivity index (χ4v) is 17.8. The monoisotopic (exact) mass is 1620 g/mol. The van der Waals surface area contributed by atoms with Crippen molar-refractivity contribution >= 4 is 17.3 Å². The molecule has 0 bridgehead atoms. The van der Waals surface area contributed by atoms with Crippen molar-refractivity contribution in [2.45, 2.75) is 190 Å². The molecule has 18 nitrogen and oxygen atoms in total. The Morgan fingerprint density at radius 1 is 0.462 bits per heavy atom. The van der Waals surface area contributed by atoms with Gasteiger partial charge in [0.2, 0.25) is 0 Å². The highest BCUT2D eigenvalue weighted by atomic mass is 19.2. The number of methoxy groups -OCH3 is 3. The van der Waals surface area contributed by atoms with Gasteiger partial charge in [-0.05, 0) is 260 Å². The minimum absolute atomic E-state index is 0.0172. The van der Waals surface area contributed by atoms with Gasteiger partial charge in [0.25, 0.3) is 0 Å². The standard InChI is InChI=1S/C31H34F3N3O3.C30H32F3N3O3.C29H32F3N3O3/c1-17-11-20(14-26(35)31(17)39-2)22-5-8-36-16-21(22)15-28(38)27-4-3-23(32)30(37-27)29-24(33)12-19(13-25(29)34)18-6-9-40-10-7-18;1-16-10-17(11-24(34)29(16)39-2)20-6-9-35-15-18(20)12-26(37)25-5-4-21(31)28(36-25)27-22(32)13-19(14-23(27)33)30(38)7-3-8-30;1-4-38-15-17-10-22(31)27(23(32)11-17)28-21(30)5-6-25(35-28)26(36)13-19-14-34-8-7-20(19)18-9-16(2)29(37-3)24(33)12-18/h3-5,8,12-13,16-18,20,26,31H,6-7,9-11,14-15,35H2,1-2H3;4-6,9,13-17,24,29,38H,3,7-8,10-12,34H2,1-2H3;5-8,10-11,14,16,18,24,29H,4,9,12-13,15,33H2,1-3H3/t17-,20+,26+,31-;16-,17+,24+,29-;16-,18+,24+,29-/m000/s1. The molecule has 6 aromatic heterocycles. The number of Topliss-reactive ketones (excluding diaryl/α,β-unsaturated/α-hetero) is 3. The maximum Gasteiger partial charge on any atom is 0.185 e. The maximum atomic E-state index is 15.2. The molecule has 9 aromatic rings. The number of hydrogen-bond donors (Lipinski definition) is 4. The van der Waals surface area contributed by atoms with Gasteiger partial charge in [0.15, 0.2) is 17.3 Å². The molecular formula is C90H98F9N9O9. The highest BCUT2D eigenvalue weighted by Gasteiger charge is 2.41. The first kappa shape index (κ1) is 86.9. The molecule has 4 saturated carbocycles. The fourth-order valence-electron chi connectivity index (χ4n) is 17.8. The number of aliphatic hydroxyl groups is 1. The number of rotatable bonds is 23. The second kappa shape index (κ2) is 38.5. The molecule has 0 spiro atoms. The topological polar surface area (TPSA) is 273 Å². The van der Waals surface area contributed by atoms with Crippen LogP contribution in [-0.4, -0.2) is 130 Å². The largest absolute Gasteiger partial charge is 0.385 e. The highest BCUT2D eigenvalue weighted by molar-refractivity contribution is 5.98. The first-order chi connectivity index (χ1) is 56.1. The zero-order valence-electron chi connectivity index (χ0n) is 66.4. The summed E-state index contributed by atoms with van der Waals surface area (Å²) < 4.78 is 162. The van der Waals surface area contributed by atoms with Crippen LogP contribution < -0.4 is 17.2 Å². The van der Waals surface area contributed by atoms with E-state index in [1.807, 2.05) is 18.2 Å². The van der Waals surface area contributed by atoms with E-state index in [0.717, 1.165) is 90.4 Å². The minimum Gasteiger partial charge on any atom is -0.385 e. The van der Waals surface area contributed by atoms with Crippen molar-refractivity contribution in [1.82, 2.24) is 29.9 Å². The van der Waals surface area contributed by atoms with E-state index in [-0.39, 0.29) is 132 Å². The molecule has 117 heavy (non-hydrogen) atoms. The molecule has 1 saturated heterocycles. The summed E-state index contributed by atoms with van der Waals surface area (Å²) in [7, 11) is 4.99. The Labute approximate surface area is 674 Å². The van der Waals surface area contributed by atoms with E-state index in [1.54, 1.807) is 65.4 Å². The molecular weight excluding hydrogens is 1520 g/mol. The zero-order valence-corrected chi connectivity index (χ0v) is 66.4. The van der Waals surface area contributed by atoms with Gasteiger partial charge in [0, 0.05) is 116 Å². The average molecular weight is 1620 g/mol. The molecule has 14 rings (SSSR count). The number of pyridine rings is 6. The lowest BCUT2D eigenvalue weighted by molar-refractivity contribution is -0.0392. The van der Waals surface area contributed by atoms with Gasteiger partial charge >= 0.3 is 0 Å². The van der Waals surface area contributed by atoms with Crippen LogP contribution in [0.3, 0.4) is 0 Å². The van der Waals surface area contributed by atoms with Gasteiger partial charge in [-0.1, -0.05) is 20.8 Å². The van der Waals surface area contributed by atoms with E-state index in [2.05, 4.69) is 50.7 Å². The first-order valence-corrected chi connectivity index (χ1v) is 39.7. The number of aromatic nitrogens is 6. The van der Waals surface area contributed by atoms with E-state index in [0.29, 0.717) is 81.5 Å². The number of carbonyl (C=O) groups excluding carboxylic acids is 3. The molecule has 0 amide bonds. The number of nitrogens with zero attached hydrogens (tertiary/aromatic N) is 6. The van der Waals surface area contributed by atoms with Crippen molar-refractivity contribution in [3.05, 3.63) is 248 Å². The van der Waals surface area contributed by atoms with Gasteiger partial charge in [-0.2, -0.15) is 0 Å². The van der Waals surface area contributed by atoms with Gasteiger partial charge in [0.05, 0.1) is 47.2 Å². The normalized spacial score (nSPS) is 23.2. The Hall–Kier alpha value is -9.42. The third-order valence-electron chi connectivity index (χ3n) is 23.8. The van der Waals surface area contributed by atoms with E-state index in [1.165, 1.54) is 30.3 Å². The van der Waals surface area contributed by atoms with Crippen LogP contribution in [-0.2, 0) is 55.2 Å².